The summed E-state index contributed by atoms with van der Waals surface area (Å²) in [5.41, 5.74) is 3.78. The Morgan fingerprint density at radius 1 is 1.21 bits per heavy atom. The highest BCUT2D eigenvalue weighted by Gasteiger charge is 2.33. The van der Waals surface area contributed by atoms with Crippen LogP contribution in [-0.4, -0.2) is 27.1 Å². The third kappa shape index (κ3) is 4.71. The quantitative estimate of drug-likeness (QED) is 0.455. The van der Waals surface area contributed by atoms with Gasteiger partial charge in [0.2, 0.25) is 5.91 Å². The molecular weight excluding hydrogens is 350 g/mol. The summed E-state index contributed by atoms with van der Waals surface area (Å²) in [4.78, 5) is 14.1. The summed E-state index contributed by atoms with van der Waals surface area (Å²) >= 11 is 0. The third-order valence-electron chi connectivity index (χ3n) is 6.23. The van der Waals surface area contributed by atoms with E-state index >= 15 is 0 Å². The van der Waals surface area contributed by atoms with Crippen molar-refractivity contribution in [1.29, 1.82) is 0 Å². The predicted molar refractivity (Wildman–Crippen MR) is 113 cm³/mol. The lowest BCUT2D eigenvalue weighted by molar-refractivity contribution is -0.130. The third-order valence-corrected chi connectivity index (χ3v) is 6.23. The lowest BCUT2D eigenvalue weighted by atomic mass is 9.83. The number of carbonyl (C=O) groups is 1. The average Bonchev–Trinajstić information content (AvgIpc) is 3.46. The van der Waals surface area contributed by atoms with E-state index in [4.69, 9.17) is 0 Å². The number of unbranched alkanes of at least 4 members (excludes halogenated alkanes) is 2. The van der Waals surface area contributed by atoms with Crippen molar-refractivity contribution in [3.63, 3.8) is 0 Å². The Balaban J connectivity index is 2.00. The molecule has 1 unspecified atom stereocenters. The van der Waals surface area contributed by atoms with Crippen molar-refractivity contribution in [3.8, 4) is 11.5 Å². The summed E-state index contributed by atoms with van der Waals surface area (Å²) < 4.78 is 0. The molecule has 0 bridgehead atoms. The molecule has 1 saturated carbocycles. The number of amides is 1. The molecule has 1 amide bonds. The standard InChI is InChI=1S/C24H35NO3/c1-4-5-6-9-18-14-22(27)23(19-10-7-8-16(2)13-19)24(28)21(18)15-25(17(3)26)20-11-12-20/h13-14,19-20,27-28H,4-12,15H2,1-3H3. The number of benzene rings is 1. The molecule has 4 nitrogen and oxygen atoms in total. The van der Waals surface area contributed by atoms with Crippen molar-refractivity contribution < 1.29 is 15.0 Å². The number of phenolic OH excluding ortho intramolecular Hbond substituents is 2. The van der Waals surface area contributed by atoms with Crippen molar-refractivity contribution in [2.45, 2.75) is 97.1 Å². The number of allylic oxidation sites excluding steroid dienone is 2. The SMILES string of the molecule is CCCCCc1cc(O)c(C2C=C(C)CCC2)c(O)c1CN(C(C)=O)C1CC1. The van der Waals surface area contributed by atoms with Crippen LogP contribution in [0.2, 0.25) is 0 Å². The molecule has 0 aromatic heterocycles. The van der Waals surface area contributed by atoms with Crippen LogP contribution in [0.25, 0.3) is 0 Å². The van der Waals surface area contributed by atoms with Gasteiger partial charge in [-0.3, -0.25) is 4.79 Å². The molecule has 0 aliphatic heterocycles. The van der Waals surface area contributed by atoms with E-state index in [1.165, 1.54) is 5.57 Å². The zero-order valence-electron chi connectivity index (χ0n) is 17.6. The number of rotatable bonds is 8. The van der Waals surface area contributed by atoms with Crippen LogP contribution >= 0.6 is 0 Å². The van der Waals surface area contributed by atoms with E-state index in [1.807, 2.05) is 11.0 Å². The zero-order chi connectivity index (χ0) is 20.3. The highest BCUT2D eigenvalue weighted by molar-refractivity contribution is 5.74. The van der Waals surface area contributed by atoms with E-state index in [2.05, 4.69) is 19.9 Å². The number of aryl methyl sites for hydroxylation is 1. The van der Waals surface area contributed by atoms with Gasteiger partial charge in [-0.05, 0) is 63.5 Å². The fourth-order valence-electron chi connectivity index (χ4n) is 4.49. The maximum absolute atomic E-state index is 12.2. The highest BCUT2D eigenvalue weighted by atomic mass is 16.3. The Morgan fingerprint density at radius 3 is 2.57 bits per heavy atom. The summed E-state index contributed by atoms with van der Waals surface area (Å²) in [7, 11) is 0. The van der Waals surface area contributed by atoms with Crippen LogP contribution in [0.5, 0.6) is 11.5 Å². The van der Waals surface area contributed by atoms with Crippen LogP contribution in [0.3, 0.4) is 0 Å². The van der Waals surface area contributed by atoms with Crippen molar-refractivity contribution in [2.24, 2.45) is 0 Å². The molecule has 0 radical (unpaired) electrons. The minimum absolute atomic E-state index is 0.0453. The molecule has 2 aliphatic rings. The molecule has 1 fully saturated rings. The molecule has 0 heterocycles. The Hall–Kier alpha value is -1.97. The Morgan fingerprint density at radius 2 is 1.96 bits per heavy atom. The molecule has 4 heteroatoms. The predicted octanol–water partition coefficient (Wildman–Crippen LogP) is 5.56. The van der Waals surface area contributed by atoms with Gasteiger partial charge < -0.3 is 15.1 Å². The summed E-state index contributed by atoms with van der Waals surface area (Å²) in [6, 6.07) is 2.15. The van der Waals surface area contributed by atoms with Gasteiger partial charge in [0.15, 0.2) is 0 Å². The average molecular weight is 386 g/mol. The lowest BCUT2D eigenvalue weighted by Crippen LogP contribution is -2.30. The van der Waals surface area contributed by atoms with Crippen LogP contribution < -0.4 is 0 Å². The molecule has 1 aromatic rings. The van der Waals surface area contributed by atoms with Gasteiger partial charge >= 0.3 is 0 Å². The van der Waals surface area contributed by atoms with Crippen LogP contribution in [-0.2, 0) is 17.8 Å². The molecule has 3 rings (SSSR count). The number of phenols is 2. The lowest BCUT2D eigenvalue weighted by Gasteiger charge is -2.27. The van der Waals surface area contributed by atoms with Crippen molar-refractivity contribution >= 4 is 5.91 Å². The first-order valence-electron chi connectivity index (χ1n) is 10.9. The number of hydrogen-bond acceptors (Lipinski definition) is 3. The first kappa shape index (κ1) is 20.8. The second-order valence-electron chi connectivity index (χ2n) is 8.64. The molecule has 0 spiro atoms. The van der Waals surface area contributed by atoms with Crippen molar-refractivity contribution in [3.05, 3.63) is 34.4 Å². The van der Waals surface area contributed by atoms with Crippen molar-refractivity contribution in [1.82, 2.24) is 4.90 Å². The topological polar surface area (TPSA) is 60.8 Å². The number of aromatic hydroxyl groups is 2. The van der Waals surface area contributed by atoms with Gasteiger partial charge in [-0.2, -0.15) is 0 Å². The molecule has 154 valence electrons. The van der Waals surface area contributed by atoms with E-state index in [-0.39, 0.29) is 23.3 Å². The monoisotopic (exact) mass is 385 g/mol. The first-order chi connectivity index (χ1) is 13.4. The largest absolute Gasteiger partial charge is 0.507 e. The Kier molecular flexibility index (Phi) is 6.69. The second-order valence-corrected chi connectivity index (χ2v) is 8.64. The van der Waals surface area contributed by atoms with Gasteiger partial charge in [0, 0.05) is 36.6 Å². The van der Waals surface area contributed by atoms with Gasteiger partial charge in [-0.15, -0.1) is 0 Å². The summed E-state index contributed by atoms with van der Waals surface area (Å²) in [5.74, 6) is 0.507. The number of nitrogens with zero attached hydrogens (tertiary/aromatic N) is 1. The van der Waals surface area contributed by atoms with E-state index < -0.39 is 0 Å². The fourth-order valence-corrected chi connectivity index (χ4v) is 4.49. The molecule has 2 aliphatic carbocycles. The van der Waals surface area contributed by atoms with Crippen molar-refractivity contribution in [2.75, 3.05) is 0 Å². The molecule has 2 N–H and O–H groups in total. The highest BCUT2D eigenvalue weighted by Crippen LogP contribution is 2.45. The first-order valence-corrected chi connectivity index (χ1v) is 10.9. The van der Waals surface area contributed by atoms with E-state index in [9.17, 15) is 15.0 Å². The second kappa shape index (κ2) is 9.02. The molecule has 0 saturated heterocycles. The molecule has 1 atom stereocenters. The zero-order valence-corrected chi connectivity index (χ0v) is 17.6. The van der Waals surface area contributed by atoms with E-state index in [0.29, 0.717) is 18.2 Å². The summed E-state index contributed by atoms with van der Waals surface area (Å²) in [6.45, 7) is 6.34. The molecule has 1 aromatic carbocycles. The van der Waals surface area contributed by atoms with Gasteiger partial charge in [-0.1, -0.05) is 31.4 Å². The minimum Gasteiger partial charge on any atom is -0.507 e. The number of carbonyl (C=O) groups excluding carboxylic acids is 1. The van der Waals surface area contributed by atoms with E-state index in [1.54, 1.807) is 6.92 Å². The maximum Gasteiger partial charge on any atom is 0.219 e. The fraction of sp³-hybridized carbons (Fsp3) is 0.625. The van der Waals surface area contributed by atoms with Gasteiger partial charge in [-0.25, -0.2) is 0 Å². The van der Waals surface area contributed by atoms with Crippen LogP contribution in [0, 0.1) is 0 Å². The Bertz CT molecular complexity index is 749. The van der Waals surface area contributed by atoms with Gasteiger partial charge in [0.1, 0.15) is 11.5 Å². The normalized spacial score (nSPS) is 19.4. The smallest absolute Gasteiger partial charge is 0.219 e. The molecule has 28 heavy (non-hydrogen) atoms. The summed E-state index contributed by atoms with van der Waals surface area (Å²) in [5, 5.41) is 22.0. The van der Waals surface area contributed by atoms with E-state index in [0.717, 1.165) is 68.9 Å². The minimum atomic E-state index is 0.0453. The summed E-state index contributed by atoms with van der Waals surface area (Å²) in [6.07, 6.45) is 11.4. The van der Waals surface area contributed by atoms with Crippen LogP contribution in [0.1, 0.15) is 94.7 Å². The van der Waals surface area contributed by atoms with Crippen LogP contribution in [0.4, 0.5) is 0 Å². The van der Waals surface area contributed by atoms with Gasteiger partial charge in [0.25, 0.3) is 0 Å². The molecular formula is C24H35NO3. The maximum atomic E-state index is 12.2. The Labute approximate surface area is 169 Å². The van der Waals surface area contributed by atoms with Crippen LogP contribution in [0.15, 0.2) is 17.7 Å². The van der Waals surface area contributed by atoms with Gasteiger partial charge in [0.05, 0.1) is 0 Å². The number of hydrogen-bond donors (Lipinski definition) is 2.